The van der Waals surface area contributed by atoms with Gasteiger partial charge in [0.1, 0.15) is 5.82 Å². The first-order valence-corrected chi connectivity index (χ1v) is 6.09. The van der Waals surface area contributed by atoms with Gasteiger partial charge in [0.15, 0.2) is 5.82 Å². The molecule has 1 aliphatic heterocycles. The number of nitrogen functional groups attached to an aromatic ring is 1. The summed E-state index contributed by atoms with van der Waals surface area (Å²) in [5.41, 5.74) is 5.31. The van der Waals surface area contributed by atoms with E-state index in [-0.39, 0.29) is 11.6 Å². The number of halogens is 2. The maximum atomic E-state index is 13.4. The molecule has 0 bridgehead atoms. The van der Waals surface area contributed by atoms with E-state index in [9.17, 15) is 13.6 Å². The van der Waals surface area contributed by atoms with E-state index in [1.165, 1.54) is 6.07 Å². The predicted octanol–water partition coefficient (Wildman–Crippen LogP) is 1.51. The number of nitrogens with two attached hydrogens (primary N) is 1. The van der Waals surface area contributed by atoms with Gasteiger partial charge in [-0.2, -0.15) is 0 Å². The predicted molar refractivity (Wildman–Crippen MR) is 69.8 cm³/mol. The number of nitrogens with one attached hydrogen (secondary N) is 1. The molecular formula is C13H17F2N3O. The van der Waals surface area contributed by atoms with Gasteiger partial charge >= 0.3 is 0 Å². The van der Waals surface area contributed by atoms with Crippen LogP contribution in [0.4, 0.5) is 20.2 Å². The van der Waals surface area contributed by atoms with Gasteiger partial charge in [-0.3, -0.25) is 4.79 Å². The van der Waals surface area contributed by atoms with E-state index in [2.05, 4.69) is 5.32 Å². The molecule has 1 aromatic rings. The zero-order valence-corrected chi connectivity index (χ0v) is 11.0. The van der Waals surface area contributed by atoms with Crippen molar-refractivity contribution in [1.82, 2.24) is 5.32 Å². The van der Waals surface area contributed by atoms with Crippen LogP contribution in [0.2, 0.25) is 0 Å². The van der Waals surface area contributed by atoms with Gasteiger partial charge in [-0.25, -0.2) is 8.78 Å². The average Bonchev–Trinajstić information content (AvgIpc) is 2.76. The van der Waals surface area contributed by atoms with Crippen molar-refractivity contribution in [3.8, 4) is 0 Å². The smallest absolute Gasteiger partial charge is 0.227 e. The van der Waals surface area contributed by atoms with Crippen molar-refractivity contribution in [1.29, 1.82) is 0 Å². The lowest BCUT2D eigenvalue weighted by Gasteiger charge is -2.25. The van der Waals surface area contributed by atoms with Crippen LogP contribution >= 0.6 is 0 Å². The molecule has 6 heteroatoms. The molecule has 0 radical (unpaired) electrons. The highest BCUT2D eigenvalue weighted by atomic mass is 19.1. The van der Waals surface area contributed by atoms with Crippen LogP contribution in [0.25, 0.3) is 0 Å². The Kier molecular flexibility index (Phi) is 3.34. The van der Waals surface area contributed by atoms with Gasteiger partial charge in [0, 0.05) is 26.2 Å². The Labute approximate surface area is 110 Å². The van der Waals surface area contributed by atoms with Gasteiger partial charge in [0.05, 0.1) is 16.8 Å². The van der Waals surface area contributed by atoms with E-state index in [0.29, 0.717) is 25.2 Å². The summed E-state index contributed by atoms with van der Waals surface area (Å²) in [6, 6.07) is 1.96. The van der Waals surface area contributed by atoms with Gasteiger partial charge in [-0.15, -0.1) is 0 Å². The summed E-state index contributed by atoms with van der Waals surface area (Å²) in [5, 5.41) is 2.61. The fraction of sp³-hybridized carbons (Fsp3) is 0.462. The minimum absolute atomic E-state index is 0.0783. The van der Waals surface area contributed by atoms with Crippen LogP contribution in [0.1, 0.15) is 13.3 Å². The number of amides is 1. The molecule has 104 valence electrons. The number of anilines is 2. The van der Waals surface area contributed by atoms with Crippen molar-refractivity contribution in [2.75, 3.05) is 30.8 Å². The molecule has 1 heterocycles. The van der Waals surface area contributed by atoms with E-state index in [1.54, 1.807) is 11.9 Å². The second-order valence-corrected chi connectivity index (χ2v) is 5.13. The first-order chi connectivity index (χ1) is 8.87. The first kappa shape index (κ1) is 13.6. The van der Waals surface area contributed by atoms with Gasteiger partial charge in [0.2, 0.25) is 5.91 Å². The lowest BCUT2D eigenvalue weighted by atomic mass is 9.89. The number of benzene rings is 1. The number of carbonyl (C=O) groups is 1. The quantitative estimate of drug-likeness (QED) is 0.800. The third-order valence-corrected chi connectivity index (χ3v) is 3.66. The largest absolute Gasteiger partial charge is 0.395 e. The Bertz CT molecular complexity index is 521. The molecular weight excluding hydrogens is 252 g/mol. The zero-order chi connectivity index (χ0) is 14.2. The molecule has 0 aromatic heterocycles. The second-order valence-electron chi connectivity index (χ2n) is 5.13. The lowest BCUT2D eigenvalue weighted by molar-refractivity contribution is -0.128. The number of hydrogen-bond donors (Lipinski definition) is 2. The van der Waals surface area contributed by atoms with Crippen molar-refractivity contribution in [2.45, 2.75) is 13.3 Å². The van der Waals surface area contributed by atoms with E-state index in [4.69, 9.17) is 5.73 Å². The second kappa shape index (κ2) is 4.68. The molecule has 1 amide bonds. The van der Waals surface area contributed by atoms with Gasteiger partial charge in [-0.1, -0.05) is 0 Å². The Hall–Kier alpha value is -1.85. The van der Waals surface area contributed by atoms with Crippen LogP contribution in [-0.4, -0.2) is 26.0 Å². The Morgan fingerprint density at radius 1 is 1.47 bits per heavy atom. The molecule has 1 atom stereocenters. The first-order valence-electron chi connectivity index (χ1n) is 6.09. The molecule has 0 saturated carbocycles. The fourth-order valence-electron chi connectivity index (χ4n) is 2.49. The van der Waals surface area contributed by atoms with Crippen LogP contribution < -0.4 is 16.0 Å². The molecule has 3 N–H and O–H groups in total. The number of nitrogens with zero attached hydrogens (tertiary/aromatic N) is 1. The molecule has 0 spiro atoms. The van der Waals surface area contributed by atoms with Crippen LogP contribution in [0.5, 0.6) is 0 Å². The monoisotopic (exact) mass is 269 g/mol. The standard InChI is InChI=1S/C13H17F2N3O/c1-13(12(19)17-2)3-4-18(7-13)10-6-8(14)5-9(15)11(10)16/h5-6H,3-4,7,16H2,1-2H3,(H,17,19). The molecule has 1 unspecified atom stereocenters. The van der Waals surface area contributed by atoms with Crippen molar-refractivity contribution in [3.05, 3.63) is 23.8 Å². The summed E-state index contributed by atoms with van der Waals surface area (Å²) in [6.07, 6.45) is 0.615. The van der Waals surface area contributed by atoms with E-state index in [0.717, 1.165) is 6.07 Å². The number of rotatable bonds is 2. The molecule has 0 aliphatic carbocycles. The minimum Gasteiger partial charge on any atom is -0.395 e. The Balaban J connectivity index is 2.29. The van der Waals surface area contributed by atoms with Gasteiger partial charge < -0.3 is 16.0 Å². The highest BCUT2D eigenvalue weighted by Crippen LogP contribution is 2.36. The average molecular weight is 269 g/mol. The number of hydrogen-bond acceptors (Lipinski definition) is 3. The lowest BCUT2D eigenvalue weighted by Crippen LogP contribution is -2.39. The SMILES string of the molecule is CNC(=O)C1(C)CCN(c2cc(F)cc(F)c2N)C1. The van der Waals surface area contributed by atoms with Gasteiger partial charge in [-0.05, 0) is 19.4 Å². The van der Waals surface area contributed by atoms with E-state index < -0.39 is 17.0 Å². The molecule has 1 saturated heterocycles. The molecule has 1 fully saturated rings. The summed E-state index contributed by atoms with van der Waals surface area (Å²) in [6.45, 7) is 2.76. The normalized spacial score (nSPS) is 22.6. The summed E-state index contributed by atoms with van der Waals surface area (Å²) >= 11 is 0. The number of carbonyl (C=O) groups excluding carboxylic acids is 1. The summed E-state index contributed by atoms with van der Waals surface area (Å²) < 4.78 is 26.7. The van der Waals surface area contributed by atoms with Crippen molar-refractivity contribution in [2.24, 2.45) is 5.41 Å². The van der Waals surface area contributed by atoms with Crippen LogP contribution in [0, 0.1) is 17.0 Å². The fourth-order valence-corrected chi connectivity index (χ4v) is 2.49. The van der Waals surface area contributed by atoms with Gasteiger partial charge in [0.25, 0.3) is 0 Å². The molecule has 1 aliphatic rings. The van der Waals surface area contributed by atoms with Crippen molar-refractivity contribution >= 4 is 17.3 Å². The Morgan fingerprint density at radius 2 is 2.16 bits per heavy atom. The maximum absolute atomic E-state index is 13.4. The molecule has 2 rings (SSSR count). The van der Waals surface area contributed by atoms with Crippen LogP contribution in [0.3, 0.4) is 0 Å². The summed E-state index contributed by atoms with van der Waals surface area (Å²) in [5.74, 6) is -1.52. The van der Waals surface area contributed by atoms with E-state index in [1.807, 2.05) is 6.92 Å². The highest BCUT2D eigenvalue weighted by Gasteiger charge is 2.40. The summed E-state index contributed by atoms with van der Waals surface area (Å²) in [4.78, 5) is 13.6. The third kappa shape index (κ3) is 2.34. The molecule has 19 heavy (non-hydrogen) atoms. The van der Waals surface area contributed by atoms with Crippen molar-refractivity contribution < 1.29 is 13.6 Å². The van der Waals surface area contributed by atoms with Crippen LogP contribution in [0.15, 0.2) is 12.1 Å². The Morgan fingerprint density at radius 3 is 2.79 bits per heavy atom. The topological polar surface area (TPSA) is 58.4 Å². The zero-order valence-electron chi connectivity index (χ0n) is 11.0. The minimum atomic E-state index is -0.774. The third-order valence-electron chi connectivity index (χ3n) is 3.66. The summed E-state index contributed by atoms with van der Waals surface area (Å²) in [7, 11) is 1.58. The van der Waals surface area contributed by atoms with Crippen molar-refractivity contribution in [3.63, 3.8) is 0 Å². The highest BCUT2D eigenvalue weighted by molar-refractivity contribution is 5.84. The van der Waals surface area contributed by atoms with E-state index >= 15 is 0 Å². The molecule has 4 nitrogen and oxygen atoms in total. The maximum Gasteiger partial charge on any atom is 0.227 e. The van der Waals surface area contributed by atoms with Crippen LogP contribution in [-0.2, 0) is 4.79 Å². The molecule has 1 aromatic carbocycles.